The molecule has 0 spiro atoms. The Hall–Kier alpha value is -2.82. The highest BCUT2D eigenvalue weighted by atomic mass is 32.1. The van der Waals surface area contributed by atoms with Crippen LogP contribution in [-0.4, -0.2) is 39.0 Å². The number of nitrogens with one attached hydrogen (secondary N) is 1. The molecule has 1 N–H and O–H groups in total. The van der Waals surface area contributed by atoms with Gasteiger partial charge in [0.1, 0.15) is 5.01 Å². The maximum atomic E-state index is 12.2. The lowest BCUT2D eigenvalue weighted by Gasteiger charge is -2.10. The quantitative estimate of drug-likeness (QED) is 0.847. The molecular formula is C13H7F3N4O3S. The van der Waals surface area contributed by atoms with Crippen molar-refractivity contribution in [3.8, 4) is 0 Å². The summed E-state index contributed by atoms with van der Waals surface area (Å²) in [7, 11) is 0. The van der Waals surface area contributed by atoms with Gasteiger partial charge in [-0.3, -0.25) is 24.6 Å². The molecule has 2 aromatic rings. The monoisotopic (exact) mass is 356 g/mol. The van der Waals surface area contributed by atoms with Crippen LogP contribution in [-0.2, 0) is 11.3 Å². The van der Waals surface area contributed by atoms with E-state index < -0.39 is 23.9 Å². The van der Waals surface area contributed by atoms with E-state index in [2.05, 4.69) is 10.2 Å². The van der Waals surface area contributed by atoms with Crippen molar-refractivity contribution in [2.24, 2.45) is 0 Å². The molecule has 0 radical (unpaired) electrons. The molecule has 0 unspecified atom stereocenters. The zero-order valence-corrected chi connectivity index (χ0v) is 12.4. The molecule has 0 aliphatic carbocycles. The lowest BCUT2D eigenvalue weighted by Crippen LogP contribution is -2.29. The van der Waals surface area contributed by atoms with Crippen LogP contribution in [0.5, 0.6) is 0 Å². The molecule has 3 amide bonds. The summed E-state index contributed by atoms with van der Waals surface area (Å²) in [5.74, 6) is -3.22. The van der Waals surface area contributed by atoms with Gasteiger partial charge in [-0.25, -0.2) is 0 Å². The molecule has 1 aromatic carbocycles. The van der Waals surface area contributed by atoms with E-state index in [0.717, 1.165) is 4.90 Å². The number of fused-ring (bicyclic) bond motifs is 1. The fraction of sp³-hybridized carbons (Fsp3) is 0.154. The zero-order valence-electron chi connectivity index (χ0n) is 11.6. The second-order valence-corrected chi connectivity index (χ2v) is 5.76. The van der Waals surface area contributed by atoms with Crippen molar-refractivity contribution in [3.63, 3.8) is 0 Å². The van der Waals surface area contributed by atoms with E-state index in [1.54, 1.807) is 17.4 Å². The molecule has 0 atom stereocenters. The molecule has 0 saturated carbocycles. The number of imide groups is 1. The molecular weight excluding hydrogens is 349 g/mol. The van der Waals surface area contributed by atoms with Crippen molar-refractivity contribution in [1.29, 1.82) is 0 Å². The normalized spacial score (nSPS) is 14.0. The number of anilines is 1. The number of amides is 3. The molecule has 1 aromatic heterocycles. The first kappa shape index (κ1) is 16.1. The molecule has 3 rings (SSSR count). The molecule has 2 heterocycles. The van der Waals surface area contributed by atoms with Gasteiger partial charge in [0.25, 0.3) is 11.8 Å². The van der Waals surface area contributed by atoms with Crippen molar-refractivity contribution in [2.75, 3.05) is 5.32 Å². The van der Waals surface area contributed by atoms with Gasteiger partial charge < -0.3 is 0 Å². The van der Waals surface area contributed by atoms with Crippen LogP contribution in [0.2, 0.25) is 0 Å². The van der Waals surface area contributed by atoms with Crippen molar-refractivity contribution >= 4 is 34.2 Å². The lowest BCUT2D eigenvalue weighted by atomic mass is 10.1. The van der Waals surface area contributed by atoms with Crippen molar-refractivity contribution < 1.29 is 27.6 Å². The standard InChI is InChI=1S/C13H7F3N4O3S/c14-13(15,16)11(23)17-12-19-18-8(24-12)5-20-9(21)6-3-1-2-4-7(6)10(20)22/h1-4H,5H2,(H,17,19,23). The number of aromatic nitrogens is 2. The van der Waals surface area contributed by atoms with E-state index in [0.29, 0.717) is 11.3 Å². The van der Waals surface area contributed by atoms with E-state index >= 15 is 0 Å². The van der Waals surface area contributed by atoms with Gasteiger partial charge in [-0.05, 0) is 12.1 Å². The second-order valence-electron chi connectivity index (χ2n) is 4.69. The highest BCUT2D eigenvalue weighted by Crippen LogP contribution is 2.26. The van der Waals surface area contributed by atoms with Crippen LogP contribution in [0.3, 0.4) is 0 Å². The van der Waals surface area contributed by atoms with Gasteiger partial charge >= 0.3 is 12.1 Å². The van der Waals surface area contributed by atoms with Crippen LogP contribution in [0.4, 0.5) is 18.3 Å². The minimum atomic E-state index is -5.05. The van der Waals surface area contributed by atoms with E-state index in [1.807, 2.05) is 0 Å². The Bertz CT molecular complexity index is 814. The van der Waals surface area contributed by atoms with E-state index in [1.165, 1.54) is 12.1 Å². The van der Waals surface area contributed by atoms with Gasteiger partial charge in [-0.15, -0.1) is 10.2 Å². The Balaban J connectivity index is 1.74. The fourth-order valence-electron chi connectivity index (χ4n) is 2.05. The largest absolute Gasteiger partial charge is 0.471 e. The maximum Gasteiger partial charge on any atom is 0.471 e. The number of nitrogens with zero attached hydrogens (tertiary/aromatic N) is 3. The molecule has 1 aliphatic rings. The first-order valence-corrected chi connectivity index (χ1v) is 7.25. The van der Waals surface area contributed by atoms with E-state index in [-0.39, 0.29) is 27.8 Å². The van der Waals surface area contributed by atoms with Crippen molar-refractivity contribution in [2.45, 2.75) is 12.7 Å². The zero-order chi connectivity index (χ0) is 17.5. The average molecular weight is 356 g/mol. The number of benzene rings is 1. The van der Waals surface area contributed by atoms with Gasteiger partial charge in [0.05, 0.1) is 17.7 Å². The minimum absolute atomic E-state index is 0.113. The number of halogens is 3. The highest BCUT2D eigenvalue weighted by Gasteiger charge is 2.39. The number of carbonyl (C=O) groups excluding carboxylic acids is 3. The number of carbonyl (C=O) groups is 3. The highest BCUT2D eigenvalue weighted by molar-refractivity contribution is 7.15. The molecule has 0 fully saturated rings. The summed E-state index contributed by atoms with van der Waals surface area (Å²) in [5.41, 5.74) is 0.496. The summed E-state index contributed by atoms with van der Waals surface area (Å²) in [6, 6.07) is 6.24. The molecule has 0 bridgehead atoms. The van der Waals surface area contributed by atoms with Crippen LogP contribution in [0.15, 0.2) is 24.3 Å². The predicted octanol–water partition coefficient (Wildman–Crippen LogP) is 1.84. The molecule has 7 nitrogen and oxygen atoms in total. The van der Waals surface area contributed by atoms with Crippen LogP contribution < -0.4 is 5.32 Å². The van der Waals surface area contributed by atoms with Gasteiger partial charge in [0.2, 0.25) is 5.13 Å². The molecule has 11 heteroatoms. The molecule has 0 saturated heterocycles. The Labute approximate surface area is 136 Å². The lowest BCUT2D eigenvalue weighted by molar-refractivity contribution is -0.167. The van der Waals surface area contributed by atoms with Crippen LogP contribution >= 0.6 is 11.3 Å². The number of hydrogen-bond acceptors (Lipinski definition) is 6. The second kappa shape index (κ2) is 5.67. The molecule has 1 aliphatic heterocycles. The third kappa shape index (κ3) is 2.85. The van der Waals surface area contributed by atoms with Crippen LogP contribution in [0, 0.1) is 0 Å². The first-order chi connectivity index (χ1) is 11.3. The number of hydrogen-bond donors (Lipinski definition) is 1. The first-order valence-electron chi connectivity index (χ1n) is 6.43. The van der Waals surface area contributed by atoms with Gasteiger partial charge in [0, 0.05) is 0 Å². The Morgan fingerprint density at radius 1 is 1.12 bits per heavy atom. The average Bonchev–Trinajstić information content (AvgIpc) is 3.06. The topological polar surface area (TPSA) is 92.3 Å². The van der Waals surface area contributed by atoms with E-state index in [9.17, 15) is 27.6 Å². The summed E-state index contributed by atoms with van der Waals surface area (Å²) in [6.45, 7) is -0.244. The van der Waals surface area contributed by atoms with E-state index in [4.69, 9.17) is 0 Å². The summed E-state index contributed by atoms with van der Waals surface area (Å²) < 4.78 is 36.5. The maximum absolute atomic E-state index is 12.2. The van der Waals surface area contributed by atoms with Gasteiger partial charge in [0.15, 0.2) is 0 Å². The summed E-state index contributed by atoms with van der Waals surface area (Å²) in [6.07, 6.45) is -5.05. The third-order valence-corrected chi connectivity index (χ3v) is 3.94. The van der Waals surface area contributed by atoms with Crippen LogP contribution in [0.25, 0.3) is 0 Å². The Kier molecular flexibility index (Phi) is 3.79. The van der Waals surface area contributed by atoms with Gasteiger partial charge in [-0.2, -0.15) is 13.2 Å². The minimum Gasteiger partial charge on any atom is -0.293 e. The smallest absolute Gasteiger partial charge is 0.293 e. The fourth-order valence-corrected chi connectivity index (χ4v) is 2.78. The SMILES string of the molecule is O=C1c2ccccc2C(=O)N1Cc1nnc(NC(=O)C(F)(F)F)s1. The molecule has 124 valence electrons. The van der Waals surface area contributed by atoms with Gasteiger partial charge in [-0.1, -0.05) is 23.5 Å². The summed E-state index contributed by atoms with van der Waals surface area (Å²) in [5, 5.41) is 8.29. The van der Waals surface area contributed by atoms with Crippen molar-refractivity contribution in [1.82, 2.24) is 15.1 Å². The third-order valence-electron chi connectivity index (χ3n) is 3.12. The van der Waals surface area contributed by atoms with Crippen molar-refractivity contribution in [3.05, 3.63) is 40.4 Å². The predicted molar refractivity (Wildman–Crippen MR) is 75.2 cm³/mol. The number of alkyl halides is 3. The Morgan fingerprint density at radius 2 is 1.71 bits per heavy atom. The summed E-state index contributed by atoms with van der Waals surface area (Å²) in [4.78, 5) is 36.1. The number of rotatable bonds is 3. The molecule has 24 heavy (non-hydrogen) atoms. The van der Waals surface area contributed by atoms with Crippen LogP contribution in [0.1, 0.15) is 25.7 Å². The Morgan fingerprint density at radius 3 is 2.25 bits per heavy atom. The summed E-state index contributed by atoms with van der Waals surface area (Å²) >= 11 is 0.647.